The van der Waals surface area contributed by atoms with Gasteiger partial charge in [0.1, 0.15) is 0 Å². The van der Waals surface area contributed by atoms with Gasteiger partial charge in [-0.3, -0.25) is 0 Å². The normalized spacial score (nSPS) is 17.9. The van der Waals surface area contributed by atoms with E-state index >= 15 is 0 Å². The number of hydrogen-bond acceptors (Lipinski definition) is 1. The van der Waals surface area contributed by atoms with Crippen molar-refractivity contribution in [1.29, 1.82) is 0 Å². The Morgan fingerprint density at radius 1 is 0.857 bits per heavy atom. The highest BCUT2D eigenvalue weighted by molar-refractivity contribution is 6.24. The number of aliphatic hydroxyl groups excluding tert-OH is 1. The summed E-state index contributed by atoms with van der Waals surface area (Å²) >= 11 is 0. The molecule has 21 heavy (non-hydrogen) atoms. The van der Waals surface area contributed by atoms with Crippen LogP contribution in [0.4, 0.5) is 0 Å². The minimum atomic E-state index is -0.356. The van der Waals surface area contributed by atoms with Crippen LogP contribution in [0.5, 0.6) is 0 Å². The Morgan fingerprint density at radius 2 is 1.62 bits per heavy atom. The van der Waals surface area contributed by atoms with E-state index in [0.29, 0.717) is 6.42 Å². The van der Waals surface area contributed by atoms with Gasteiger partial charge in [-0.1, -0.05) is 60.7 Å². The van der Waals surface area contributed by atoms with Crippen molar-refractivity contribution in [3.63, 3.8) is 0 Å². The first-order valence-electron chi connectivity index (χ1n) is 7.37. The van der Waals surface area contributed by atoms with Gasteiger partial charge in [0.2, 0.25) is 0 Å². The molecule has 1 aliphatic carbocycles. The first-order valence-corrected chi connectivity index (χ1v) is 7.37. The molecule has 0 aliphatic heterocycles. The summed E-state index contributed by atoms with van der Waals surface area (Å²) < 4.78 is 0. The third-order valence-corrected chi connectivity index (χ3v) is 4.69. The van der Waals surface area contributed by atoms with Crippen molar-refractivity contribution in [2.75, 3.05) is 0 Å². The molecule has 4 aromatic rings. The second-order valence-corrected chi connectivity index (χ2v) is 5.94. The van der Waals surface area contributed by atoms with Crippen LogP contribution >= 0.6 is 0 Å². The lowest BCUT2D eigenvalue weighted by molar-refractivity contribution is 0.223. The van der Waals surface area contributed by atoms with Gasteiger partial charge in [-0.25, -0.2) is 0 Å². The van der Waals surface area contributed by atoms with Gasteiger partial charge >= 0.3 is 0 Å². The maximum absolute atomic E-state index is 9.87. The van der Waals surface area contributed by atoms with Gasteiger partial charge in [0, 0.05) is 6.42 Å². The van der Waals surface area contributed by atoms with E-state index in [4.69, 9.17) is 0 Å². The Bertz CT molecular complexity index is 1010. The van der Waals surface area contributed by atoms with E-state index in [0.717, 1.165) is 0 Å². The molecule has 0 amide bonds. The van der Waals surface area contributed by atoms with E-state index in [1.165, 1.54) is 43.4 Å². The first kappa shape index (κ1) is 11.3. The highest BCUT2D eigenvalue weighted by Gasteiger charge is 2.17. The molecule has 100 valence electrons. The van der Waals surface area contributed by atoms with Crippen molar-refractivity contribution in [1.82, 2.24) is 0 Å². The molecular weight excluding hydrogens is 256 g/mol. The predicted molar refractivity (Wildman–Crippen MR) is 88.9 cm³/mol. The second kappa shape index (κ2) is 3.84. The van der Waals surface area contributed by atoms with Crippen LogP contribution in [-0.2, 0) is 6.42 Å². The van der Waals surface area contributed by atoms with E-state index in [-0.39, 0.29) is 6.10 Å². The number of hydrogen-bond donors (Lipinski definition) is 1. The largest absolute Gasteiger partial charge is 0.389 e. The number of rotatable bonds is 0. The first-order chi connectivity index (χ1) is 10.3. The minimum Gasteiger partial charge on any atom is -0.389 e. The molecule has 1 aliphatic rings. The van der Waals surface area contributed by atoms with Crippen LogP contribution in [-0.4, -0.2) is 11.2 Å². The van der Waals surface area contributed by atoms with Crippen molar-refractivity contribution in [3.05, 3.63) is 65.7 Å². The van der Waals surface area contributed by atoms with Crippen molar-refractivity contribution in [3.8, 4) is 0 Å². The lowest BCUT2D eigenvalue weighted by atomic mass is 9.86. The smallest absolute Gasteiger partial charge is 0.0764 e. The van der Waals surface area contributed by atoms with Crippen molar-refractivity contribution < 1.29 is 5.11 Å². The lowest BCUT2D eigenvalue weighted by Gasteiger charge is -2.20. The average molecular weight is 270 g/mol. The van der Waals surface area contributed by atoms with Crippen LogP contribution in [0.15, 0.2) is 54.6 Å². The SMILES string of the molecule is O[C@@H]1C=Cc2c(cc3ccc4cccc5ccc2c3c45)C1. The summed E-state index contributed by atoms with van der Waals surface area (Å²) in [6.45, 7) is 0. The summed E-state index contributed by atoms with van der Waals surface area (Å²) in [6.07, 6.45) is 4.34. The Morgan fingerprint density at radius 3 is 2.48 bits per heavy atom. The molecule has 1 heteroatoms. The van der Waals surface area contributed by atoms with Crippen LogP contribution in [0.1, 0.15) is 11.1 Å². The van der Waals surface area contributed by atoms with E-state index in [2.05, 4.69) is 54.6 Å². The summed E-state index contributed by atoms with van der Waals surface area (Å²) in [5.74, 6) is 0. The second-order valence-electron chi connectivity index (χ2n) is 5.94. The molecule has 1 nitrogen and oxygen atoms in total. The average Bonchev–Trinajstić information content (AvgIpc) is 2.51. The van der Waals surface area contributed by atoms with Crippen LogP contribution < -0.4 is 0 Å². The fourth-order valence-corrected chi connectivity index (χ4v) is 3.76. The maximum atomic E-state index is 9.87. The van der Waals surface area contributed by atoms with Crippen LogP contribution in [0.25, 0.3) is 38.4 Å². The zero-order chi connectivity index (χ0) is 14.0. The summed E-state index contributed by atoms with van der Waals surface area (Å²) in [7, 11) is 0. The van der Waals surface area contributed by atoms with Gasteiger partial charge in [-0.05, 0) is 43.4 Å². The van der Waals surface area contributed by atoms with Gasteiger partial charge in [0.15, 0.2) is 0 Å². The molecule has 0 unspecified atom stereocenters. The standard InChI is InChI=1S/C20H14O/c21-16-7-9-17-15(11-16)10-14-5-4-12-2-1-3-13-6-8-18(17)20(14)19(12)13/h1-10,16,21H,11H2/t16-/m1/s1. The third-order valence-electron chi connectivity index (χ3n) is 4.69. The summed E-state index contributed by atoms with van der Waals surface area (Å²) in [4.78, 5) is 0. The van der Waals surface area contributed by atoms with Gasteiger partial charge < -0.3 is 5.11 Å². The van der Waals surface area contributed by atoms with Crippen molar-refractivity contribution >= 4 is 38.4 Å². The molecule has 0 saturated heterocycles. The Balaban J connectivity index is 2.06. The van der Waals surface area contributed by atoms with Crippen molar-refractivity contribution in [2.45, 2.75) is 12.5 Å². The topological polar surface area (TPSA) is 20.2 Å². The molecule has 0 fully saturated rings. The highest BCUT2D eigenvalue weighted by atomic mass is 16.3. The Hall–Kier alpha value is -2.38. The monoisotopic (exact) mass is 270 g/mol. The Labute approximate surface area is 122 Å². The molecule has 5 rings (SSSR count). The van der Waals surface area contributed by atoms with Crippen LogP contribution in [0.3, 0.4) is 0 Å². The van der Waals surface area contributed by atoms with E-state index in [1.807, 2.05) is 6.08 Å². The van der Waals surface area contributed by atoms with E-state index < -0.39 is 0 Å². The number of fused-ring (bicyclic) bond motifs is 2. The summed E-state index contributed by atoms with van der Waals surface area (Å²) in [5.41, 5.74) is 2.52. The number of aliphatic hydroxyl groups is 1. The lowest BCUT2D eigenvalue weighted by Crippen LogP contribution is -2.11. The fourth-order valence-electron chi connectivity index (χ4n) is 3.76. The predicted octanol–water partition coefficient (Wildman–Crippen LogP) is 4.51. The molecule has 1 atom stereocenters. The van der Waals surface area contributed by atoms with Gasteiger partial charge in [-0.2, -0.15) is 0 Å². The van der Waals surface area contributed by atoms with E-state index in [9.17, 15) is 5.11 Å². The maximum Gasteiger partial charge on any atom is 0.0764 e. The molecule has 0 bridgehead atoms. The van der Waals surface area contributed by atoms with E-state index in [1.54, 1.807) is 0 Å². The highest BCUT2D eigenvalue weighted by Crippen LogP contribution is 2.38. The molecule has 0 aromatic heterocycles. The molecule has 4 aromatic carbocycles. The van der Waals surface area contributed by atoms with Gasteiger partial charge in [0.25, 0.3) is 0 Å². The molecule has 0 radical (unpaired) electrons. The summed E-state index contributed by atoms with van der Waals surface area (Å²) in [5, 5.41) is 17.7. The van der Waals surface area contributed by atoms with Gasteiger partial charge in [0.05, 0.1) is 6.10 Å². The van der Waals surface area contributed by atoms with Crippen LogP contribution in [0, 0.1) is 0 Å². The quantitative estimate of drug-likeness (QED) is 0.466. The molecule has 0 spiro atoms. The van der Waals surface area contributed by atoms with Crippen molar-refractivity contribution in [2.24, 2.45) is 0 Å². The third kappa shape index (κ3) is 1.44. The summed E-state index contributed by atoms with van der Waals surface area (Å²) in [6, 6.07) is 17.6. The minimum absolute atomic E-state index is 0.356. The Kier molecular flexibility index (Phi) is 2.06. The van der Waals surface area contributed by atoms with Gasteiger partial charge in [-0.15, -0.1) is 0 Å². The molecule has 0 heterocycles. The van der Waals surface area contributed by atoms with Crippen LogP contribution in [0.2, 0.25) is 0 Å². The molecule has 0 saturated carbocycles. The molecular formula is C20H14O. The molecule has 1 N–H and O–H groups in total. The zero-order valence-corrected chi connectivity index (χ0v) is 11.5. The number of benzene rings is 4. The fraction of sp³-hybridized carbons (Fsp3) is 0.100. The zero-order valence-electron chi connectivity index (χ0n) is 11.5.